The van der Waals surface area contributed by atoms with Gasteiger partial charge in [-0.3, -0.25) is 10.4 Å². The number of halogens is 1. The molecule has 1 saturated heterocycles. The monoisotopic (exact) mass is 456 g/mol. The van der Waals surface area contributed by atoms with Crippen LogP contribution in [0.1, 0.15) is 39.3 Å². The molecule has 3 heterocycles. The maximum absolute atomic E-state index is 13.3. The Morgan fingerprint density at radius 1 is 1.27 bits per heavy atom. The first-order valence-corrected chi connectivity index (χ1v) is 10.9. The number of carbonyl (C=O) groups is 1. The predicted molar refractivity (Wildman–Crippen MR) is 124 cm³/mol. The number of amides is 2. The quantitative estimate of drug-likeness (QED) is 0.468. The summed E-state index contributed by atoms with van der Waals surface area (Å²) in [6.45, 7) is 8.67. The normalized spacial score (nSPS) is 20.0. The van der Waals surface area contributed by atoms with E-state index < -0.39 is 23.5 Å². The number of carbonyl (C=O) groups excluding carboxylic acids is 1. The van der Waals surface area contributed by atoms with Crippen molar-refractivity contribution in [3.63, 3.8) is 0 Å². The van der Waals surface area contributed by atoms with Crippen LogP contribution in [0.5, 0.6) is 0 Å². The lowest BCUT2D eigenvalue weighted by Gasteiger charge is -2.35. The van der Waals surface area contributed by atoms with Crippen molar-refractivity contribution in [2.45, 2.75) is 51.5 Å². The Hall–Kier alpha value is -3.24. The molecule has 2 amide bonds. The fourth-order valence-corrected chi connectivity index (χ4v) is 4.17. The second-order valence-corrected chi connectivity index (χ2v) is 9.06. The number of anilines is 2. The van der Waals surface area contributed by atoms with Crippen molar-refractivity contribution in [3.8, 4) is 0 Å². The molecule has 176 valence electrons. The lowest BCUT2D eigenvalue weighted by molar-refractivity contribution is -0.00538. The van der Waals surface area contributed by atoms with Crippen LogP contribution >= 0.6 is 0 Å². The molecule has 1 aromatic carbocycles. The maximum atomic E-state index is 13.3. The van der Waals surface area contributed by atoms with Crippen LogP contribution in [0.4, 0.5) is 20.8 Å². The largest absolute Gasteiger partial charge is 0.388 e. The minimum Gasteiger partial charge on any atom is -0.388 e. The van der Waals surface area contributed by atoms with Crippen molar-refractivity contribution in [2.75, 3.05) is 23.3 Å². The van der Waals surface area contributed by atoms with Gasteiger partial charge in [0.05, 0.1) is 34.8 Å². The van der Waals surface area contributed by atoms with Crippen LogP contribution in [-0.4, -0.2) is 57.2 Å². The molecular weight excluding hydrogens is 427 g/mol. The summed E-state index contributed by atoms with van der Waals surface area (Å²) in [5, 5.41) is 24.3. The molecule has 0 saturated carbocycles. The van der Waals surface area contributed by atoms with Gasteiger partial charge in [-0.25, -0.2) is 14.2 Å². The summed E-state index contributed by atoms with van der Waals surface area (Å²) in [7, 11) is 0. The predicted octanol–water partition coefficient (Wildman–Crippen LogP) is 3.34. The third-order valence-electron chi connectivity index (χ3n) is 5.57. The average molecular weight is 457 g/mol. The second-order valence-electron chi connectivity index (χ2n) is 9.06. The topological polar surface area (TPSA) is 115 Å². The number of nitrogens with zero attached hydrogens (tertiary/aromatic N) is 3. The number of morpholine rings is 1. The van der Waals surface area contributed by atoms with Crippen LogP contribution in [0.2, 0.25) is 0 Å². The van der Waals surface area contributed by atoms with E-state index in [-0.39, 0.29) is 12.2 Å². The zero-order valence-electron chi connectivity index (χ0n) is 19.1. The summed E-state index contributed by atoms with van der Waals surface area (Å²) < 4.78 is 19.1. The van der Waals surface area contributed by atoms with Gasteiger partial charge < -0.3 is 20.1 Å². The van der Waals surface area contributed by atoms with Gasteiger partial charge in [0.2, 0.25) is 0 Å². The van der Waals surface area contributed by atoms with Crippen molar-refractivity contribution < 1.29 is 19.0 Å². The van der Waals surface area contributed by atoms with Gasteiger partial charge in [-0.05, 0) is 45.4 Å². The van der Waals surface area contributed by atoms with Crippen molar-refractivity contribution in [1.82, 2.24) is 20.5 Å². The molecule has 1 fully saturated rings. The lowest BCUT2D eigenvalue weighted by Crippen LogP contribution is -2.45. The Morgan fingerprint density at radius 2 is 1.94 bits per heavy atom. The SMILES string of the molecule is CC1CN(c2n[nH]c3cc(NC(=O)NC(c4ccc(F)cc4)C(C)(C)O)ncc23)CC(C)O1. The van der Waals surface area contributed by atoms with Gasteiger partial charge in [0, 0.05) is 25.4 Å². The van der Waals surface area contributed by atoms with Gasteiger partial charge in [0.1, 0.15) is 11.6 Å². The highest BCUT2D eigenvalue weighted by Gasteiger charge is 2.30. The Bertz CT molecular complexity index is 1120. The molecule has 3 atom stereocenters. The Labute approximate surface area is 191 Å². The molecule has 0 radical (unpaired) electrons. The molecule has 1 aliphatic rings. The Morgan fingerprint density at radius 3 is 2.58 bits per heavy atom. The van der Waals surface area contributed by atoms with E-state index >= 15 is 0 Å². The zero-order chi connectivity index (χ0) is 23.8. The molecule has 0 spiro atoms. The smallest absolute Gasteiger partial charge is 0.320 e. The highest BCUT2D eigenvalue weighted by Crippen LogP contribution is 2.28. The van der Waals surface area contributed by atoms with Crippen LogP contribution in [0.3, 0.4) is 0 Å². The first-order valence-electron chi connectivity index (χ1n) is 10.9. The summed E-state index contributed by atoms with van der Waals surface area (Å²) in [6, 6.07) is 6.03. The molecular formula is C23H29FN6O3. The zero-order valence-corrected chi connectivity index (χ0v) is 19.1. The number of hydrogen-bond acceptors (Lipinski definition) is 6. The summed E-state index contributed by atoms with van der Waals surface area (Å²) >= 11 is 0. The van der Waals surface area contributed by atoms with E-state index in [1.807, 2.05) is 13.8 Å². The van der Waals surface area contributed by atoms with E-state index in [0.717, 1.165) is 29.8 Å². The van der Waals surface area contributed by atoms with Crippen molar-refractivity contribution in [2.24, 2.45) is 0 Å². The van der Waals surface area contributed by atoms with Crippen LogP contribution in [-0.2, 0) is 4.74 Å². The van der Waals surface area contributed by atoms with E-state index in [1.165, 1.54) is 24.3 Å². The van der Waals surface area contributed by atoms with E-state index in [2.05, 4.69) is 30.7 Å². The molecule has 3 aromatic rings. The third-order valence-corrected chi connectivity index (χ3v) is 5.57. The minimum absolute atomic E-state index is 0.0999. The molecule has 4 N–H and O–H groups in total. The fourth-order valence-electron chi connectivity index (χ4n) is 4.17. The summed E-state index contributed by atoms with van der Waals surface area (Å²) in [4.78, 5) is 19.2. The van der Waals surface area contributed by atoms with E-state index in [0.29, 0.717) is 11.4 Å². The third kappa shape index (κ3) is 5.23. The molecule has 0 bridgehead atoms. The minimum atomic E-state index is -1.28. The van der Waals surface area contributed by atoms with E-state index in [4.69, 9.17) is 4.74 Å². The molecule has 9 nitrogen and oxygen atoms in total. The molecule has 33 heavy (non-hydrogen) atoms. The molecule has 3 unspecified atom stereocenters. The Kier molecular flexibility index (Phi) is 6.22. The number of aliphatic hydroxyl groups is 1. The van der Waals surface area contributed by atoms with Gasteiger partial charge in [-0.2, -0.15) is 5.10 Å². The van der Waals surface area contributed by atoms with Crippen molar-refractivity contribution in [3.05, 3.63) is 47.9 Å². The lowest BCUT2D eigenvalue weighted by atomic mass is 9.92. The number of aromatic amines is 1. The van der Waals surface area contributed by atoms with Gasteiger partial charge in [-0.1, -0.05) is 12.1 Å². The van der Waals surface area contributed by atoms with Gasteiger partial charge in [0.15, 0.2) is 5.82 Å². The first kappa shape index (κ1) is 22.9. The number of hydrogen-bond donors (Lipinski definition) is 4. The number of pyridine rings is 1. The van der Waals surface area contributed by atoms with Gasteiger partial charge in [-0.15, -0.1) is 0 Å². The summed E-state index contributed by atoms with van der Waals surface area (Å²) in [6.07, 6.45) is 1.87. The molecule has 0 aliphatic carbocycles. The Balaban J connectivity index is 1.49. The average Bonchev–Trinajstić information content (AvgIpc) is 3.14. The van der Waals surface area contributed by atoms with Crippen molar-refractivity contribution >= 4 is 28.6 Å². The number of fused-ring (bicyclic) bond motifs is 1. The van der Waals surface area contributed by atoms with Crippen LogP contribution in [0.15, 0.2) is 36.5 Å². The van der Waals surface area contributed by atoms with E-state index in [1.54, 1.807) is 26.1 Å². The second kappa shape index (κ2) is 8.95. The fraction of sp³-hybridized carbons (Fsp3) is 0.435. The maximum Gasteiger partial charge on any atom is 0.320 e. The summed E-state index contributed by atoms with van der Waals surface area (Å²) in [5.41, 5.74) is 0.0337. The molecule has 10 heteroatoms. The number of rotatable bonds is 5. The van der Waals surface area contributed by atoms with Crippen LogP contribution in [0, 0.1) is 5.82 Å². The number of ether oxygens (including phenoxy) is 1. The van der Waals surface area contributed by atoms with Crippen LogP contribution in [0.25, 0.3) is 10.9 Å². The van der Waals surface area contributed by atoms with Gasteiger partial charge in [0.25, 0.3) is 0 Å². The molecule has 1 aliphatic heterocycles. The number of benzene rings is 1. The van der Waals surface area contributed by atoms with Crippen LogP contribution < -0.4 is 15.5 Å². The van der Waals surface area contributed by atoms with Gasteiger partial charge >= 0.3 is 6.03 Å². The summed E-state index contributed by atoms with van der Waals surface area (Å²) in [5.74, 6) is 0.733. The molecule has 2 aromatic heterocycles. The number of urea groups is 1. The number of H-pyrrole nitrogens is 1. The van der Waals surface area contributed by atoms with E-state index in [9.17, 15) is 14.3 Å². The highest BCUT2D eigenvalue weighted by atomic mass is 19.1. The first-order chi connectivity index (χ1) is 15.6. The standard InChI is InChI=1S/C23H29FN6O3/c1-13-11-30(12-14(2)33-13)21-17-10-25-19(9-18(17)28-29-21)26-22(31)27-20(23(3,4)32)15-5-7-16(24)8-6-15/h5-10,13-14,20,32H,11-12H2,1-4H3,(H,28,29)(H2,25,26,27,31). The highest BCUT2D eigenvalue weighted by molar-refractivity contribution is 5.94. The molecule has 4 rings (SSSR count). The number of nitrogens with one attached hydrogen (secondary N) is 3. The van der Waals surface area contributed by atoms with Crippen molar-refractivity contribution in [1.29, 1.82) is 0 Å². The number of aromatic nitrogens is 3.